The number of ether oxygens (including phenoxy) is 1. The van der Waals surface area contributed by atoms with Crippen LogP contribution in [0.3, 0.4) is 0 Å². The van der Waals surface area contributed by atoms with Crippen molar-refractivity contribution >= 4 is 5.97 Å². The van der Waals surface area contributed by atoms with E-state index in [-0.39, 0.29) is 0 Å². The van der Waals surface area contributed by atoms with E-state index in [0.29, 0.717) is 0 Å². The number of halogens is 5. The Bertz CT molecular complexity index is 183. The van der Waals surface area contributed by atoms with Crippen molar-refractivity contribution in [2.45, 2.75) is 6.61 Å². The van der Waals surface area contributed by atoms with Gasteiger partial charge in [0.25, 0.3) is 5.83 Å². The lowest BCUT2D eigenvalue weighted by atomic mass is 10.6. The average Bonchev–Trinajstić information content (AvgIpc) is 1.84. The van der Waals surface area contributed by atoms with Crippen LogP contribution in [0.1, 0.15) is 0 Å². The van der Waals surface area contributed by atoms with E-state index in [1.165, 1.54) is 0 Å². The van der Waals surface area contributed by atoms with Gasteiger partial charge < -0.3 is 4.74 Å². The summed E-state index contributed by atoms with van der Waals surface area (Å²) in [6.45, 7) is -3.60. The highest BCUT2D eigenvalue weighted by atomic mass is 19.3. The zero-order valence-corrected chi connectivity index (χ0v) is 4.78. The van der Waals surface area contributed by atoms with Crippen molar-refractivity contribution in [1.29, 1.82) is 0 Å². The average molecular weight is 176 g/mol. The molecular formula is C4HF5O2. The summed E-state index contributed by atoms with van der Waals surface area (Å²) in [6, 6.07) is 0. The first kappa shape index (κ1) is 9.86. The van der Waals surface area contributed by atoms with Crippen molar-refractivity contribution in [1.82, 2.24) is 0 Å². The fourth-order valence-corrected chi connectivity index (χ4v) is 0.210. The molecule has 0 fully saturated rings. The van der Waals surface area contributed by atoms with Crippen LogP contribution >= 0.6 is 0 Å². The minimum atomic E-state index is -3.60. The van der Waals surface area contributed by atoms with E-state index in [9.17, 15) is 26.7 Å². The molecular weight excluding hydrogens is 175 g/mol. The van der Waals surface area contributed by atoms with Gasteiger partial charge in [0.1, 0.15) is 0 Å². The molecule has 0 saturated heterocycles. The number of esters is 1. The number of alkyl halides is 2. The van der Waals surface area contributed by atoms with E-state index < -0.39 is 24.5 Å². The van der Waals surface area contributed by atoms with Crippen molar-refractivity contribution in [2.24, 2.45) is 0 Å². The SMILES string of the molecule is O=C(OC(F)F)C(F)=C(F)F. The molecule has 0 heterocycles. The second kappa shape index (κ2) is 3.89. The van der Waals surface area contributed by atoms with Gasteiger partial charge in [-0.1, -0.05) is 0 Å². The van der Waals surface area contributed by atoms with Crippen LogP contribution in [0.25, 0.3) is 0 Å². The highest BCUT2D eigenvalue weighted by Crippen LogP contribution is 2.12. The van der Waals surface area contributed by atoms with Crippen molar-refractivity contribution in [3.8, 4) is 0 Å². The van der Waals surface area contributed by atoms with Gasteiger partial charge in [-0.2, -0.15) is 22.0 Å². The van der Waals surface area contributed by atoms with Crippen molar-refractivity contribution in [3.63, 3.8) is 0 Å². The molecule has 2 nitrogen and oxygen atoms in total. The number of rotatable bonds is 2. The molecule has 0 unspecified atom stereocenters. The summed E-state index contributed by atoms with van der Waals surface area (Å²) in [7, 11) is 0. The summed E-state index contributed by atoms with van der Waals surface area (Å²) in [5, 5.41) is 0. The Morgan fingerprint density at radius 1 is 1.18 bits per heavy atom. The largest absolute Gasteiger partial charge is 0.398 e. The van der Waals surface area contributed by atoms with Gasteiger partial charge in [-0.3, -0.25) is 0 Å². The lowest BCUT2D eigenvalue weighted by molar-refractivity contribution is -0.173. The van der Waals surface area contributed by atoms with Crippen LogP contribution < -0.4 is 0 Å². The Labute approximate surface area is 57.2 Å². The molecule has 0 rings (SSSR count). The molecule has 0 radical (unpaired) electrons. The zero-order valence-electron chi connectivity index (χ0n) is 4.78. The summed E-state index contributed by atoms with van der Waals surface area (Å²) in [5.41, 5.74) is 0. The molecule has 0 saturated carbocycles. The molecule has 0 amide bonds. The lowest BCUT2D eigenvalue weighted by Gasteiger charge is -1.97. The molecule has 11 heavy (non-hydrogen) atoms. The summed E-state index contributed by atoms with van der Waals surface area (Å²) >= 11 is 0. The third kappa shape index (κ3) is 3.54. The number of hydrogen-bond donors (Lipinski definition) is 0. The lowest BCUT2D eigenvalue weighted by Crippen LogP contribution is -2.09. The first-order valence-corrected chi connectivity index (χ1v) is 2.15. The van der Waals surface area contributed by atoms with Crippen LogP contribution in [0, 0.1) is 0 Å². The first-order chi connectivity index (χ1) is 4.95. The van der Waals surface area contributed by atoms with Crippen LogP contribution in [0.4, 0.5) is 22.0 Å². The Hall–Kier alpha value is -1.14. The van der Waals surface area contributed by atoms with Crippen molar-refractivity contribution in [2.75, 3.05) is 0 Å². The molecule has 0 bridgehead atoms. The zero-order chi connectivity index (χ0) is 9.02. The number of carbonyl (C=O) groups excluding carboxylic acids is 1. The monoisotopic (exact) mass is 176 g/mol. The molecule has 0 aliphatic rings. The predicted octanol–water partition coefficient (Wildman–Crippen LogP) is 1.83. The molecule has 7 heteroatoms. The molecule has 0 spiro atoms. The molecule has 0 atom stereocenters. The van der Waals surface area contributed by atoms with E-state index in [1.54, 1.807) is 0 Å². The van der Waals surface area contributed by atoms with Crippen LogP contribution in [-0.4, -0.2) is 12.6 Å². The maximum Gasteiger partial charge on any atom is 0.389 e. The quantitative estimate of drug-likeness (QED) is 0.364. The first-order valence-electron chi connectivity index (χ1n) is 2.15. The van der Waals surface area contributed by atoms with Crippen molar-refractivity contribution in [3.05, 3.63) is 11.9 Å². The minimum absolute atomic E-state index is 2.38. The molecule has 64 valence electrons. The van der Waals surface area contributed by atoms with E-state index in [4.69, 9.17) is 0 Å². The van der Waals surface area contributed by atoms with Crippen molar-refractivity contribution < 1.29 is 31.5 Å². The van der Waals surface area contributed by atoms with Crippen LogP contribution in [0.5, 0.6) is 0 Å². The van der Waals surface area contributed by atoms with E-state index >= 15 is 0 Å². The van der Waals surface area contributed by atoms with Crippen LogP contribution in [0.15, 0.2) is 11.9 Å². The highest BCUT2D eigenvalue weighted by molar-refractivity contribution is 5.86. The molecule has 0 aromatic carbocycles. The van der Waals surface area contributed by atoms with Gasteiger partial charge in [0, 0.05) is 0 Å². The second-order valence-electron chi connectivity index (χ2n) is 1.24. The van der Waals surface area contributed by atoms with Gasteiger partial charge >= 0.3 is 18.7 Å². The van der Waals surface area contributed by atoms with Gasteiger partial charge in [-0.15, -0.1) is 0 Å². The Balaban J connectivity index is 4.17. The molecule has 0 N–H and O–H groups in total. The Morgan fingerprint density at radius 3 is 1.91 bits per heavy atom. The normalized spacial score (nSPS) is 9.64. The third-order valence-corrected chi connectivity index (χ3v) is 0.541. The summed E-state index contributed by atoms with van der Waals surface area (Å²) in [4.78, 5) is 9.78. The number of carbonyl (C=O) groups is 1. The smallest absolute Gasteiger partial charge is 0.389 e. The van der Waals surface area contributed by atoms with Crippen LogP contribution in [-0.2, 0) is 9.53 Å². The minimum Gasteiger partial charge on any atom is -0.398 e. The highest BCUT2D eigenvalue weighted by Gasteiger charge is 2.20. The molecule has 0 aliphatic heterocycles. The number of hydrogen-bond acceptors (Lipinski definition) is 2. The fraction of sp³-hybridized carbons (Fsp3) is 0.250. The maximum atomic E-state index is 11.6. The summed E-state index contributed by atoms with van der Waals surface area (Å²) in [6.07, 6.45) is -2.99. The third-order valence-electron chi connectivity index (χ3n) is 0.541. The van der Waals surface area contributed by atoms with Gasteiger partial charge in [-0.25, -0.2) is 4.79 Å². The maximum absolute atomic E-state index is 11.6. The van der Waals surface area contributed by atoms with Gasteiger partial charge in [0.2, 0.25) is 0 Å². The fourth-order valence-electron chi connectivity index (χ4n) is 0.210. The van der Waals surface area contributed by atoms with E-state index in [2.05, 4.69) is 4.74 Å². The van der Waals surface area contributed by atoms with E-state index in [1.807, 2.05) is 0 Å². The van der Waals surface area contributed by atoms with Gasteiger partial charge in [-0.05, 0) is 0 Å². The second-order valence-corrected chi connectivity index (χ2v) is 1.24. The molecule has 0 aliphatic carbocycles. The topological polar surface area (TPSA) is 26.3 Å². The van der Waals surface area contributed by atoms with Gasteiger partial charge in [0.15, 0.2) is 0 Å². The Morgan fingerprint density at radius 2 is 1.64 bits per heavy atom. The molecule has 0 aromatic rings. The predicted molar refractivity (Wildman–Crippen MR) is 22.4 cm³/mol. The summed E-state index contributed by atoms with van der Waals surface area (Å²) in [5.74, 6) is -4.98. The summed E-state index contributed by atoms with van der Waals surface area (Å²) < 4.78 is 58.6. The Kier molecular flexibility index (Phi) is 3.49. The van der Waals surface area contributed by atoms with Gasteiger partial charge in [0.05, 0.1) is 0 Å². The van der Waals surface area contributed by atoms with Crippen LogP contribution in [0.2, 0.25) is 0 Å². The molecule has 0 aromatic heterocycles. The van der Waals surface area contributed by atoms with E-state index in [0.717, 1.165) is 0 Å². The standard InChI is InChI=1S/C4HF5O2/c5-1(2(6)7)3(10)11-4(8)9/h4H.